The number of hydrogen-bond acceptors (Lipinski definition) is 5. The second-order valence-electron chi connectivity index (χ2n) is 12.4. The number of aromatic nitrogens is 4. The smallest absolute Gasteiger partial charge is 0.164 e. The van der Waals surface area contributed by atoms with Gasteiger partial charge in [0, 0.05) is 53.0 Å². The Balaban J connectivity index is 1.13. The highest BCUT2D eigenvalue weighted by atomic mass is 32.1. The number of hydrogen-bond donors (Lipinski definition) is 0. The molecule has 0 radical (unpaired) electrons. The second-order valence-corrected chi connectivity index (χ2v) is 13.5. The van der Waals surface area contributed by atoms with Gasteiger partial charge in [-0.15, -0.1) is 11.3 Å². The minimum Gasteiger partial charge on any atom is -0.456 e. The Bertz CT molecular complexity index is 3380. The Labute approximate surface area is 302 Å². The number of rotatable bonds is 4. The van der Waals surface area contributed by atoms with Crippen LogP contribution in [-0.4, -0.2) is 19.5 Å². The summed E-state index contributed by atoms with van der Waals surface area (Å²) in [7, 11) is 0. The van der Waals surface area contributed by atoms with Crippen molar-refractivity contribution in [2.24, 2.45) is 0 Å². The van der Waals surface area contributed by atoms with Crippen molar-refractivity contribution >= 4 is 75.3 Å². The van der Waals surface area contributed by atoms with Gasteiger partial charge < -0.3 is 8.98 Å². The number of fused-ring (bicyclic) bond motifs is 9. The van der Waals surface area contributed by atoms with E-state index in [0.29, 0.717) is 22.5 Å². The fraction of sp³-hybridized carbons (Fsp3) is 0. The van der Waals surface area contributed by atoms with E-state index < -0.39 is 18.1 Å². The van der Waals surface area contributed by atoms with Crippen LogP contribution in [-0.2, 0) is 0 Å². The molecule has 0 aliphatic heterocycles. The Kier molecular flexibility index (Phi) is 5.08. The Morgan fingerprint density at radius 2 is 1.12 bits per heavy atom. The van der Waals surface area contributed by atoms with Crippen molar-refractivity contribution < 1.29 is 11.3 Å². The van der Waals surface area contributed by atoms with Crippen molar-refractivity contribution in [3.63, 3.8) is 0 Å². The topological polar surface area (TPSA) is 56.7 Å². The fourth-order valence-corrected chi connectivity index (χ4v) is 8.37. The first-order valence-electron chi connectivity index (χ1n) is 19.0. The third kappa shape index (κ3) is 4.37. The third-order valence-electron chi connectivity index (χ3n) is 9.55. The van der Waals surface area contributed by atoms with Crippen LogP contribution in [0.1, 0.15) is 6.85 Å². The van der Waals surface area contributed by atoms with Crippen LogP contribution in [0.3, 0.4) is 0 Å². The van der Waals surface area contributed by atoms with Gasteiger partial charge in [-0.25, -0.2) is 15.0 Å². The summed E-state index contributed by atoms with van der Waals surface area (Å²) in [5, 5.41) is 6.38. The van der Waals surface area contributed by atoms with Crippen LogP contribution in [0.25, 0.3) is 104 Å². The fourth-order valence-electron chi connectivity index (χ4n) is 7.29. The molecule has 0 saturated heterocycles. The molecule has 0 N–H and O–H groups in total. The highest BCUT2D eigenvalue weighted by Gasteiger charge is 2.19. The molecule has 0 spiro atoms. The molecule has 0 unspecified atom stereocenters. The number of nitrogens with zero attached hydrogens (tertiary/aromatic N) is 4. The molecule has 0 atom stereocenters. The molecule has 238 valence electrons. The largest absolute Gasteiger partial charge is 0.456 e. The zero-order valence-corrected chi connectivity index (χ0v) is 27.5. The zero-order chi connectivity index (χ0) is 37.8. The molecule has 0 saturated carbocycles. The van der Waals surface area contributed by atoms with E-state index in [2.05, 4.69) is 71.3 Å². The van der Waals surface area contributed by atoms with Crippen molar-refractivity contribution in [1.29, 1.82) is 0 Å². The molecular formula is C45H26N4OS. The molecule has 4 heterocycles. The maximum Gasteiger partial charge on any atom is 0.164 e. The van der Waals surface area contributed by atoms with E-state index in [1.807, 2.05) is 60.7 Å². The first-order chi connectivity index (χ1) is 27.3. The van der Waals surface area contributed by atoms with Gasteiger partial charge in [-0.3, -0.25) is 0 Å². The number of para-hydroxylation sites is 2. The third-order valence-corrected chi connectivity index (χ3v) is 10.7. The summed E-state index contributed by atoms with van der Waals surface area (Å²) in [5.41, 5.74) is 5.77. The molecular weight excluding hydrogens is 645 g/mol. The molecule has 5 nitrogen and oxygen atoms in total. The molecule has 11 rings (SSSR count). The average molecular weight is 676 g/mol. The monoisotopic (exact) mass is 675 g/mol. The van der Waals surface area contributed by atoms with Crippen molar-refractivity contribution in [3.05, 3.63) is 158 Å². The molecule has 51 heavy (non-hydrogen) atoms. The SMILES string of the molecule is [2H]c1c([2H])c([2H])c(-c2nc(-c3ccc4c(c3)oc3cccc(-n5c6ccccc6c6ccccc65)c34)nc(-c3ccc4sc5ccccc5c4c3)n2)c([2H])c1[2H]. The summed E-state index contributed by atoms with van der Waals surface area (Å²) in [4.78, 5) is 14.5. The van der Waals surface area contributed by atoms with Crippen LogP contribution in [0.2, 0.25) is 0 Å². The Morgan fingerprint density at radius 1 is 0.490 bits per heavy atom. The van der Waals surface area contributed by atoms with E-state index in [-0.39, 0.29) is 29.3 Å². The van der Waals surface area contributed by atoms with Gasteiger partial charge in [0.25, 0.3) is 0 Å². The zero-order valence-electron chi connectivity index (χ0n) is 31.7. The average Bonchev–Trinajstić information content (AvgIpc) is 3.91. The summed E-state index contributed by atoms with van der Waals surface area (Å²) in [6.45, 7) is 0. The summed E-state index contributed by atoms with van der Waals surface area (Å²) >= 11 is 1.70. The first-order valence-corrected chi connectivity index (χ1v) is 17.3. The highest BCUT2D eigenvalue weighted by Crippen LogP contribution is 2.40. The van der Waals surface area contributed by atoms with Crippen molar-refractivity contribution in [1.82, 2.24) is 19.5 Å². The van der Waals surface area contributed by atoms with Crippen LogP contribution < -0.4 is 0 Å². The van der Waals surface area contributed by atoms with Crippen LogP contribution in [0.4, 0.5) is 0 Å². The van der Waals surface area contributed by atoms with Gasteiger partial charge in [-0.1, -0.05) is 96.9 Å². The van der Waals surface area contributed by atoms with Crippen LogP contribution in [0, 0.1) is 0 Å². The molecule has 0 aliphatic rings. The number of thiophene rings is 1. The van der Waals surface area contributed by atoms with E-state index in [9.17, 15) is 0 Å². The standard InChI is InChI=1S/C45H26N4OS/c1-2-11-27(12-3-1)43-46-44(28-22-24-41-34(25-28)32-15-6-9-20-40(32)51-41)48-45(47-43)29-21-23-33-39(26-29)50-38-19-10-18-37(42(33)38)49-35-16-7-4-13-30(35)31-14-5-8-17-36(31)49/h1-26H/i1D,2D,3D,11D,12D. The van der Waals surface area contributed by atoms with E-state index in [1.165, 1.54) is 10.8 Å². The quantitative estimate of drug-likeness (QED) is 0.186. The van der Waals surface area contributed by atoms with Crippen LogP contribution in [0.15, 0.2) is 162 Å². The predicted molar refractivity (Wildman–Crippen MR) is 211 cm³/mol. The van der Waals surface area contributed by atoms with Gasteiger partial charge in [0.15, 0.2) is 17.5 Å². The predicted octanol–water partition coefficient (Wildman–Crippen LogP) is 12.2. The molecule has 7 aromatic carbocycles. The Hall–Kier alpha value is -6.63. The van der Waals surface area contributed by atoms with Crippen LogP contribution in [0.5, 0.6) is 0 Å². The summed E-state index contributed by atoms with van der Waals surface area (Å²) in [6, 6.07) is 40.8. The molecule has 6 heteroatoms. The van der Waals surface area contributed by atoms with Gasteiger partial charge in [0.1, 0.15) is 11.2 Å². The first kappa shape index (κ1) is 23.7. The molecule has 11 aromatic rings. The molecule has 0 fully saturated rings. The Morgan fingerprint density at radius 3 is 1.88 bits per heavy atom. The lowest BCUT2D eigenvalue weighted by Crippen LogP contribution is -2.00. The lowest BCUT2D eigenvalue weighted by atomic mass is 10.1. The summed E-state index contributed by atoms with van der Waals surface area (Å²) in [5.74, 6) is 0.569. The molecule has 0 aliphatic carbocycles. The number of furan rings is 1. The summed E-state index contributed by atoms with van der Waals surface area (Å²) in [6.07, 6.45) is 0. The minimum absolute atomic E-state index is 0.0179. The van der Waals surface area contributed by atoms with Gasteiger partial charge in [0.05, 0.1) is 29.0 Å². The van der Waals surface area contributed by atoms with Gasteiger partial charge >= 0.3 is 0 Å². The minimum atomic E-state index is -0.483. The van der Waals surface area contributed by atoms with Gasteiger partial charge in [-0.2, -0.15) is 0 Å². The molecule has 0 bridgehead atoms. The van der Waals surface area contributed by atoms with Gasteiger partial charge in [0.2, 0.25) is 0 Å². The number of benzene rings is 7. The lowest BCUT2D eigenvalue weighted by Gasteiger charge is -2.10. The highest BCUT2D eigenvalue weighted by molar-refractivity contribution is 7.25. The van der Waals surface area contributed by atoms with Gasteiger partial charge in [-0.05, 0) is 60.7 Å². The van der Waals surface area contributed by atoms with E-state index in [0.717, 1.165) is 53.2 Å². The van der Waals surface area contributed by atoms with Crippen molar-refractivity contribution in [2.75, 3.05) is 0 Å². The van der Waals surface area contributed by atoms with Crippen LogP contribution >= 0.6 is 11.3 Å². The molecule has 4 aromatic heterocycles. The van der Waals surface area contributed by atoms with E-state index in [4.69, 9.17) is 26.2 Å². The lowest BCUT2D eigenvalue weighted by molar-refractivity contribution is 0.669. The van der Waals surface area contributed by atoms with Crippen molar-refractivity contribution in [3.8, 4) is 39.9 Å². The summed E-state index contributed by atoms with van der Waals surface area (Å²) < 4.78 is 53.6. The maximum atomic E-state index is 8.76. The normalized spacial score (nSPS) is 13.3. The second kappa shape index (κ2) is 10.9. The van der Waals surface area contributed by atoms with Crippen molar-refractivity contribution in [2.45, 2.75) is 0 Å². The van der Waals surface area contributed by atoms with E-state index in [1.54, 1.807) is 11.3 Å². The molecule has 0 amide bonds. The van der Waals surface area contributed by atoms with E-state index >= 15 is 0 Å². The maximum absolute atomic E-state index is 8.76.